The lowest BCUT2D eigenvalue weighted by atomic mass is 10.0. The first-order valence-electron chi connectivity index (χ1n) is 8.67. The third-order valence-electron chi connectivity index (χ3n) is 3.65. The molecule has 25 heavy (non-hydrogen) atoms. The van der Waals surface area contributed by atoms with Crippen LogP contribution in [0, 0.1) is 5.92 Å². The van der Waals surface area contributed by atoms with Crippen molar-refractivity contribution in [2.24, 2.45) is 5.92 Å². The van der Waals surface area contributed by atoms with Crippen molar-refractivity contribution in [3.8, 4) is 0 Å². The summed E-state index contributed by atoms with van der Waals surface area (Å²) in [5, 5.41) is 15.0. The number of carbonyl (C=O) groups excluding carboxylic acids is 3. The molecule has 1 aliphatic heterocycles. The molecule has 0 aromatic rings. The van der Waals surface area contributed by atoms with Crippen LogP contribution in [0.25, 0.3) is 0 Å². The van der Waals surface area contributed by atoms with Gasteiger partial charge in [0.05, 0.1) is 12.2 Å². The first-order valence-corrected chi connectivity index (χ1v) is 8.67. The second-order valence-electron chi connectivity index (χ2n) is 7.27. The number of epoxide rings is 1. The summed E-state index contributed by atoms with van der Waals surface area (Å²) in [6.07, 6.45) is -0.940. The fraction of sp³-hybridized carbons (Fsp3) is 0.824. The van der Waals surface area contributed by atoms with E-state index in [1.165, 1.54) is 0 Å². The minimum Gasteiger partial charge on any atom is -0.464 e. The molecule has 1 rings (SSSR count). The van der Waals surface area contributed by atoms with Crippen LogP contribution >= 0.6 is 0 Å². The van der Waals surface area contributed by atoms with Gasteiger partial charge < -0.3 is 25.2 Å². The maximum Gasteiger partial charge on any atom is 0.338 e. The van der Waals surface area contributed by atoms with Gasteiger partial charge >= 0.3 is 5.97 Å². The summed E-state index contributed by atoms with van der Waals surface area (Å²) in [4.78, 5) is 36.0. The minimum absolute atomic E-state index is 0.186. The van der Waals surface area contributed by atoms with Crippen LogP contribution in [0.1, 0.15) is 47.5 Å². The average Bonchev–Trinajstić information content (AvgIpc) is 3.25. The topological polar surface area (TPSA) is 117 Å². The SMILES string of the molecule is CCOC(=O)[C@H]1O[C@@H]1C(=O)N[C@@H](CC(C)C)C(=O)NCCC(C)(C)O. The number of rotatable bonds is 10. The first kappa shape index (κ1) is 21.4. The molecular weight excluding hydrogens is 328 g/mol. The number of hydrogen-bond acceptors (Lipinski definition) is 6. The predicted molar refractivity (Wildman–Crippen MR) is 90.6 cm³/mol. The highest BCUT2D eigenvalue weighted by Crippen LogP contribution is 2.24. The Balaban J connectivity index is 2.54. The van der Waals surface area contributed by atoms with Crippen molar-refractivity contribution in [1.29, 1.82) is 0 Å². The van der Waals surface area contributed by atoms with Crippen molar-refractivity contribution < 1.29 is 29.0 Å². The molecule has 1 fully saturated rings. The quantitative estimate of drug-likeness (QED) is 0.377. The van der Waals surface area contributed by atoms with E-state index in [4.69, 9.17) is 9.47 Å². The number of aliphatic hydroxyl groups is 1. The zero-order valence-corrected chi connectivity index (χ0v) is 15.6. The van der Waals surface area contributed by atoms with Gasteiger partial charge in [-0.1, -0.05) is 13.8 Å². The van der Waals surface area contributed by atoms with Crippen LogP contribution in [-0.2, 0) is 23.9 Å². The van der Waals surface area contributed by atoms with Crippen LogP contribution in [0.5, 0.6) is 0 Å². The number of ether oxygens (including phenoxy) is 2. The molecule has 8 nitrogen and oxygen atoms in total. The van der Waals surface area contributed by atoms with Gasteiger partial charge in [0.15, 0.2) is 12.2 Å². The molecule has 0 aromatic heterocycles. The molecule has 0 spiro atoms. The summed E-state index contributed by atoms with van der Waals surface area (Å²) in [5.41, 5.74) is -0.876. The van der Waals surface area contributed by atoms with E-state index in [1.54, 1.807) is 20.8 Å². The van der Waals surface area contributed by atoms with Gasteiger partial charge in [0.25, 0.3) is 5.91 Å². The molecule has 0 radical (unpaired) electrons. The summed E-state index contributed by atoms with van der Waals surface area (Å²) < 4.78 is 9.85. The van der Waals surface area contributed by atoms with Gasteiger partial charge in [0.1, 0.15) is 6.04 Å². The minimum atomic E-state index is -0.905. The van der Waals surface area contributed by atoms with E-state index in [0.717, 1.165) is 0 Å². The number of carbonyl (C=O) groups is 3. The lowest BCUT2D eigenvalue weighted by Crippen LogP contribution is -2.49. The highest BCUT2D eigenvalue weighted by atomic mass is 16.6. The Labute approximate surface area is 148 Å². The molecule has 0 unspecified atom stereocenters. The second kappa shape index (κ2) is 9.15. The zero-order valence-electron chi connectivity index (χ0n) is 15.6. The van der Waals surface area contributed by atoms with Gasteiger partial charge in [-0.2, -0.15) is 0 Å². The summed E-state index contributed by atoms with van der Waals surface area (Å²) in [5.74, 6) is -1.20. The largest absolute Gasteiger partial charge is 0.464 e. The van der Waals surface area contributed by atoms with Crippen molar-refractivity contribution >= 4 is 17.8 Å². The molecule has 8 heteroatoms. The molecule has 1 saturated heterocycles. The van der Waals surface area contributed by atoms with Crippen molar-refractivity contribution in [2.75, 3.05) is 13.2 Å². The van der Waals surface area contributed by atoms with Gasteiger partial charge in [-0.05, 0) is 39.5 Å². The van der Waals surface area contributed by atoms with Gasteiger partial charge in [-0.25, -0.2) is 4.79 Å². The lowest BCUT2D eigenvalue weighted by Gasteiger charge is -2.22. The van der Waals surface area contributed by atoms with E-state index in [-0.39, 0.29) is 18.4 Å². The lowest BCUT2D eigenvalue weighted by molar-refractivity contribution is -0.144. The number of hydrogen-bond donors (Lipinski definition) is 3. The molecule has 0 aromatic carbocycles. The fourth-order valence-electron chi connectivity index (χ4n) is 2.29. The highest BCUT2D eigenvalue weighted by Gasteiger charge is 2.52. The third kappa shape index (κ3) is 7.83. The summed E-state index contributed by atoms with van der Waals surface area (Å²) in [6.45, 7) is 9.40. The number of nitrogens with one attached hydrogen (secondary N) is 2. The molecule has 3 atom stereocenters. The molecule has 0 saturated carbocycles. The zero-order chi connectivity index (χ0) is 19.2. The van der Waals surface area contributed by atoms with Gasteiger partial charge in [0, 0.05) is 6.54 Å². The summed E-state index contributed by atoms with van der Waals surface area (Å²) >= 11 is 0. The van der Waals surface area contributed by atoms with E-state index >= 15 is 0 Å². The van der Waals surface area contributed by atoms with E-state index in [0.29, 0.717) is 19.4 Å². The smallest absolute Gasteiger partial charge is 0.338 e. The molecular formula is C17H30N2O6. The van der Waals surface area contributed by atoms with Gasteiger partial charge in [-0.15, -0.1) is 0 Å². The van der Waals surface area contributed by atoms with Crippen LogP contribution in [0.15, 0.2) is 0 Å². The monoisotopic (exact) mass is 358 g/mol. The van der Waals surface area contributed by atoms with Crippen LogP contribution in [-0.4, -0.2) is 59.9 Å². The Morgan fingerprint density at radius 2 is 1.88 bits per heavy atom. The van der Waals surface area contributed by atoms with Crippen LogP contribution in [0.2, 0.25) is 0 Å². The maximum absolute atomic E-state index is 12.3. The fourth-order valence-corrected chi connectivity index (χ4v) is 2.29. The van der Waals surface area contributed by atoms with Crippen LogP contribution < -0.4 is 10.6 Å². The van der Waals surface area contributed by atoms with Gasteiger partial charge in [-0.3, -0.25) is 9.59 Å². The van der Waals surface area contributed by atoms with E-state index < -0.39 is 35.7 Å². The molecule has 1 heterocycles. The second-order valence-corrected chi connectivity index (χ2v) is 7.27. The molecule has 2 amide bonds. The number of amides is 2. The molecule has 0 aliphatic carbocycles. The van der Waals surface area contributed by atoms with E-state index in [9.17, 15) is 19.5 Å². The Morgan fingerprint density at radius 1 is 1.24 bits per heavy atom. The molecule has 144 valence electrons. The Bertz CT molecular complexity index is 486. The molecule has 3 N–H and O–H groups in total. The van der Waals surface area contributed by atoms with E-state index in [2.05, 4.69) is 10.6 Å². The first-order chi connectivity index (χ1) is 11.5. The standard InChI is InChI=1S/C17H30N2O6/c1-6-24-16(22)13-12(25-13)15(21)19-11(9-10(2)3)14(20)18-8-7-17(4,5)23/h10-13,23H,6-9H2,1-5H3,(H,18,20)(H,19,21)/t11-,12-,13-/m0/s1. The predicted octanol–water partition coefficient (Wildman–Crippen LogP) is 0.125. The van der Waals surface area contributed by atoms with Gasteiger partial charge in [0.2, 0.25) is 5.91 Å². The highest BCUT2D eigenvalue weighted by molar-refractivity contribution is 5.95. The Kier molecular flexibility index (Phi) is 7.82. The van der Waals surface area contributed by atoms with Crippen LogP contribution in [0.3, 0.4) is 0 Å². The Morgan fingerprint density at radius 3 is 2.40 bits per heavy atom. The number of esters is 1. The van der Waals surface area contributed by atoms with Crippen molar-refractivity contribution in [3.05, 3.63) is 0 Å². The summed E-state index contributed by atoms with van der Waals surface area (Å²) in [6, 6.07) is -0.721. The maximum atomic E-state index is 12.3. The normalized spacial score (nSPS) is 20.8. The summed E-state index contributed by atoms with van der Waals surface area (Å²) in [7, 11) is 0. The molecule has 0 bridgehead atoms. The van der Waals surface area contributed by atoms with E-state index in [1.807, 2.05) is 13.8 Å². The van der Waals surface area contributed by atoms with Crippen molar-refractivity contribution in [3.63, 3.8) is 0 Å². The third-order valence-corrected chi connectivity index (χ3v) is 3.65. The van der Waals surface area contributed by atoms with Crippen LogP contribution in [0.4, 0.5) is 0 Å². The Hall–Kier alpha value is -1.67. The van der Waals surface area contributed by atoms with Crippen molar-refractivity contribution in [2.45, 2.75) is 71.3 Å². The molecule has 1 aliphatic rings. The average molecular weight is 358 g/mol. The van der Waals surface area contributed by atoms with Crippen molar-refractivity contribution in [1.82, 2.24) is 10.6 Å².